The van der Waals surface area contributed by atoms with Gasteiger partial charge >= 0.3 is 0 Å². The number of anilines is 6. The summed E-state index contributed by atoms with van der Waals surface area (Å²) in [6, 6.07) is 158. The van der Waals surface area contributed by atoms with Crippen molar-refractivity contribution in [2.75, 3.05) is 35.8 Å². The van der Waals surface area contributed by atoms with Crippen molar-refractivity contribution in [3.8, 4) is 50.4 Å². The first kappa shape index (κ1) is 73.2. The van der Waals surface area contributed by atoms with E-state index in [1.54, 1.807) is 0 Å². The lowest BCUT2D eigenvalue weighted by molar-refractivity contribution is 0.660. The maximum Gasteiger partial charge on any atom is 0.0726 e. The van der Waals surface area contributed by atoms with Crippen molar-refractivity contribution in [3.63, 3.8) is 0 Å². The minimum Gasteiger partial charge on any atom is -0.344 e. The lowest BCUT2D eigenvalue weighted by Gasteiger charge is -2.31. The Kier molecular flexibility index (Phi) is 16.8. The van der Waals surface area contributed by atoms with Crippen LogP contribution >= 0.6 is 0 Å². The maximum absolute atomic E-state index is 2.46. The third-order valence-electron chi connectivity index (χ3n) is 27.6. The highest BCUT2D eigenvalue weighted by Crippen LogP contribution is 2.64. The van der Waals surface area contributed by atoms with Gasteiger partial charge in [-0.2, -0.15) is 0 Å². The molecule has 0 fully saturated rings. The Balaban J connectivity index is 0.000000107. The van der Waals surface area contributed by atoms with Crippen LogP contribution in [0.4, 0.5) is 34.1 Å². The number of aromatic nitrogens is 3. The fourth-order valence-electron chi connectivity index (χ4n) is 21.9. The quantitative estimate of drug-likeness (QED) is 0.144. The highest BCUT2D eigenvalue weighted by atomic mass is 15.1. The molecule has 0 bridgehead atoms. The molecule has 3 aromatic heterocycles. The molecule has 0 N–H and O–H groups in total. The van der Waals surface area contributed by atoms with Gasteiger partial charge in [-0.25, -0.2) is 0 Å². The molecule has 592 valence electrons. The van der Waals surface area contributed by atoms with Crippen LogP contribution < -0.4 is 14.7 Å². The van der Waals surface area contributed by atoms with E-state index in [0.717, 1.165) is 0 Å². The molecular weight excluding hydrogens is 1510 g/mol. The van der Waals surface area contributed by atoms with Crippen molar-refractivity contribution in [1.29, 1.82) is 0 Å². The van der Waals surface area contributed by atoms with Crippen LogP contribution in [0.3, 0.4) is 0 Å². The monoisotopic (exact) mass is 1600 g/mol. The Hall–Kier alpha value is -15.8. The second kappa shape index (κ2) is 28.7. The SMILES string of the molecule is CN(c1ccc2c(c1)C(C)(C)c1ccccc1-2)c1ccc(-n2c3ccccc3c3ccccc32)c2ccccc12.CN(c1ccc2c(c1)C1(c3ccccc3-c3ccccc31)c1ccccc1-2)c1ccc(-n2c3ccccc3c3ccccc32)c2ccccc12.CN(c1cccc2ccccc12)c1ccc(-n2c3ccccc3c3ccccc32)c2ccccc12. The lowest BCUT2D eigenvalue weighted by atomic mass is 9.70. The van der Waals surface area contributed by atoms with Crippen LogP contribution in [-0.2, 0) is 10.8 Å². The van der Waals surface area contributed by atoms with E-state index in [1.165, 1.54) is 226 Å². The molecule has 0 atom stereocenters. The van der Waals surface area contributed by atoms with Gasteiger partial charge in [-0.05, 0) is 175 Å². The van der Waals surface area contributed by atoms with E-state index in [2.05, 4.69) is 494 Å². The molecular formula is C119H86N6. The van der Waals surface area contributed by atoms with E-state index in [0.29, 0.717) is 0 Å². The number of rotatable bonds is 9. The van der Waals surface area contributed by atoms with Crippen LogP contribution in [0.2, 0.25) is 0 Å². The van der Waals surface area contributed by atoms with Crippen LogP contribution in [0, 0.1) is 0 Å². The van der Waals surface area contributed by atoms with Gasteiger partial charge in [0.25, 0.3) is 0 Å². The summed E-state index contributed by atoms with van der Waals surface area (Å²) in [6.45, 7) is 4.69. The second-order valence-corrected chi connectivity index (χ2v) is 34.2. The highest BCUT2D eigenvalue weighted by molar-refractivity contribution is 6.16. The molecule has 6 heteroatoms. The molecule has 3 heterocycles. The van der Waals surface area contributed by atoms with Crippen LogP contribution in [0.1, 0.15) is 47.2 Å². The van der Waals surface area contributed by atoms with E-state index < -0.39 is 0 Å². The molecule has 23 aromatic rings. The Morgan fingerprint density at radius 2 is 0.440 bits per heavy atom. The molecule has 0 saturated heterocycles. The van der Waals surface area contributed by atoms with Gasteiger partial charge < -0.3 is 28.4 Å². The van der Waals surface area contributed by atoms with Gasteiger partial charge in [0.2, 0.25) is 0 Å². The summed E-state index contributed by atoms with van der Waals surface area (Å²) >= 11 is 0. The molecule has 1 spiro atoms. The van der Waals surface area contributed by atoms with Crippen LogP contribution in [0.15, 0.2) is 431 Å². The normalized spacial score (nSPS) is 13.0. The molecule has 0 unspecified atom stereocenters. The molecule has 0 amide bonds. The molecule has 3 aliphatic carbocycles. The van der Waals surface area contributed by atoms with Gasteiger partial charge in [0.15, 0.2) is 0 Å². The third kappa shape index (κ3) is 11.0. The van der Waals surface area contributed by atoms with Crippen molar-refractivity contribution >= 4 is 143 Å². The number of para-hydroxylation sites is 6. The fourth-order valence-corrected chi connectivity index (χ4v) is 21.9. The van der Waals surface area contributed by atoms with Crippen LogP contribution in [0.25, 0.3) is 159 Å². The van der Waals surface area contributed by atoms with Gasteiger partial charge in [0.05, 0.1) is 55.6 Å². The molecule has 6 nitrogen and oxygen atoms in total. The predicted molar refractivity (Wildman–Crippen MR) is 530 cm³/mol. The number of fused-ring (bicyclic) bond motifs is 26. The van der Waals surface area contributed by atoms with Crippen molar-refractivity contribution in [2.24, 2.45) is 0 Å². The van der Waals surface area contributed by atoms with E-state index in [-0.39, 0.29) is 10.8 Å². The zero-order valence-electron chi connectivity index (χ0n) is 70.2. The first-order chi connectivity index (χ1) is 61.6. The Morgan fingerprint density at radius 1 is 0.184 bits per heavy atom. The summed E-state index contributed by atoms with van der Waals surface area (Å²) in [5.41, 5.74) is 34.0. The molecule has 20 aromatic carbocycles. The molecule has 0 radical (unpaired) electrons. The van der Waals surface area contributed by atoms with Crippen molar-refractivity contribution in [2.45, 2.75) is 24.7 Å². The molecule has 0 saturated carbocycles. The smallest absolute Gasteiger partial charge is 0.0726 e. The Labute approximate surface area is 726 Å². The van der Waals surface area contributed by atoms with E-state index in [4.69, 9.17) is 0 Å². The Bertz CT molecular complexity index is 8150. The van der Waals surface area contributed by atoms with Crippen molar-refractivity contribution in [1.82, 2.24) is 13.7 Å². The molecule has 125 heavy (non-hydrogen) atoms. The summed E-state index contributed by atoms with van der Waals surface area (Å²) < 4.78 is 7.27. The summed E-state index contributed by atoms with van der Waals surface area (Å²) in [4.78, 5) is 7.04. The maximum atomic E-state index is 2.46. The van der Waals surface area contributed by atoms with Gasteiger partial charge in [-0.1, -0.05) is 341 Å². The van der Waals surface area contributed by atoms with E-state index in [9.17, 15) is 0 Å². The van der Waals surface area contributed by atoms with Crippen molar-refractivity contribution < 1.29 is 0 Å². The third-order valence-corrected chi connectivity index (χ3v) is 27.6. The zero-order chi connectivity index (χ0) is 83.3. The molecule has 26 rings (SSSR count). The first-order valence-electron chi connectivity index (χ1n) is 43.5. The number of hydrogen-bond acceptors (Lipinski definition) is 3. The lowest BCUT2D eigenvalue weighted by Crippen LogP contribution is -2.26. The average Bonchev–Trinajstić information content (AvgIpc) is 1.50. The van der Waals surface area contributed by atoms with E-state index >= 15 is 0 Å². The van der Waals surface area contributed by atoms with Gasteiger partial charge in [0, 0.05) is 131 Å². The van der Waals surface area contributed by atoms with Crippen LogP contribution in [0.5, 0.6) is 0 Å². The summed E-state index contributed by atoms with van der Waals surface area (Å²) in [5.74, 6) is 0. The average molecular weight is 1600 g/mol. The summed E-state index contributed by atoms with van der Waals surface area (Å²) in [6.07, 6.45) is 0. The zero-order valence-corrected chi connectivity index (χ0v) is 70.2. The highest BCUT2D eigenvalue weighted by Gasteiger charge is 2.52. The molecule has 3 aliphatic rings. The number of nitrogens with zero attached hydrogens (tertiary/aromatic N) is 6. The van der Waals surface area contributed by atoms with E-state index in [1.807, 2.05) is 0 Å². The largest absolute Gasteiger partial charge is 0.344 e. The van der Waals surface area contributed by atoms with Crippen LogP contribution in [-0.4, -0.2) is 34.8 Å². The summed E-state index contributed by atoms with van der Waals surface area (Å²) in [5, 5.41) is 17.6. The Morgan fingerprint density at radius 3 is 0.816 bits per heavy atom. The van der Waals surface area contributed by atoms with Gasteiger partial charge in [-0.3, -0.25) is 0 Å². The number of hydrogen-bond donors (Lipinski definition) is 0. The van der Waals surface area contributed by atoms with Gasteiger partial charge in [-0.15, -0.1) is 0 Å². The van der Waals surface area contributed by atoms with Gasteiger partial charge in [0.1, 0.15) is 0 Å². The predicted octanol–water partition coefficient (Wildman–Crippen LogP) is 30.9. The standard InChI is InChI=1S/C48H32N2.C38H30N2.C33H24N2/c1-49(44-28-29-47(37-18-3-2-17-36(37)44)50-45-24-12-7-19-38(45)39-20-8-13-25-46(39)50)31-26-27-35-34-16-6-11-23-42(34)48(43(35)30-31)40-21-9-4-14-32(40)33-15-5-10-22-41(33)48;1-38(2)32-17-9-6-12-26(32)27-21-20-25(24-33(27)38)39(3)34-22-23-37(29-14-5-4-13-28(29)34)40-35-18-10-7-15-30(35)31-16-8-11-19-36(31)40;1-34(29-20-10-12-23-11-2-3-13-24(23)29)30-21-22-33(26-15-5-4-14-25(26)30)35-31-18-8-6-16-27(31)28-17-7-9-19-32(28)35/h2-30H,1H3;4-24H,1-3H3;2-22H,1H3. The second-order valence-electron chi connectivity index (χ2n) is 34.2. The first-order valence-corrected chi connectivity index (χ1v) is 43.5. The number of benzene rings is 20. The minimum absolute atomic E-state index is 0.0226. The molecule has 0 aliphatic heterocycles. The minimum atomic E-state index is -0.363. The summed E-state index contributed by atoms with van der Waals surface area (Å²) in [7, 11) is 6.58. The topological polar surface area (TPSA) is 24.5 Å². The fraction of sp³-hybridized carbons (Fsp3) is 0.0588. The van der Waals surface area contributed by atoms with Crippen molar-refractivity contribution in [3.05, 3.63) is 464 Å².